The molecule has 1 aliphatic heterocycles. The quantitative estimate of drug-likeness (QED) is 0.783. The van der Waals surface area contributed by atoms with E-state index in [9.17, 15) is 4.79 Å². The number of anilines is 1. The summed E-state index contributed by atoms with van der Waals surface area (Å²) in [6, 6.07) is 14.8. The average molecular weight is 320 g/mol. The topological polar surface area (TPSA) is 60.5 Å². The molecule has 0 aliphatic carbocycles. The molecule has 0 saturated carbocycles. The summed E-state index contributed by atoms with van der Waals surface area (Å²) in [5.41, 5.74) is 1.89. The number of hydrogen-bond donors (Lipinski definition) is 1. The summed E-state index contributed by atoms with van der Waals surface area (Å²) in [7, 11) is 0. The number of nitrogens with one attached hydrogen (secondary N) is 1. The second-order valence-corrected chi connectivity index (χ2v) is 5.55. The van der Waals surface area contributed by atoms with Crippen molar-refractivity contribution in [3.05, 3.63) is 60.3 Å². The number of fused-ring (bicyclic) bond motifs is 2. The molecule has 2 aromatic carbocycles. The van der Waals surface area contributed by atoms with Gasteiger partial charge >= 0.3 is 0 Å². The third-order valence-electron chi connectivity index (χ3n) is 3.88. The first-order valence-corrected chi connectivity index (χ1v) is 7.86. The van der Waals surface area contributed by atoms with Crippen LogP contribution in [0.3, 0.4) is 0 Å². The first-order chi connectivity index (χ1) is 11.8. The van der Waals surface area contributed by atoms with Crippen molar-refractivity contribution >= 4 is 22.5 Å². The zero-order valence-corrected chi connectivity index (χ0v) is 13.0. The zero-order valence-electron chi connectivity index (χ0n) is 13.0. The molecule has 0 radical (unpaired) electrons. The maximum absolute atomic E-state index is 12.6. The Balaban J connectivity index is 1.63. The summed E-state index contributed by atoms with van der Waals surface area (Å²) in [5.74, 6) is 1.16. The smallest absolute Gasteiger partial charge is 0.257 e. The number of ether oxygens (including phenoxy) is 2. The van der Waals surface area contributed by atoms with Crippen LogP contribution in [-0.2, 0) is 0 Å². The van der Waals surface area contributed by atoms with Gasteiger partial charge in [-0.15, -0.1) is 0 Å². The fraction of sp³-hybridized carbons (Fsp3) is 0.158. The SMILES string of the molecule is O=C(Nc1ccc2c(c1)OCCCO2)c1cccc2cccnc12. The highest BCUT2D eigenvalue weighted by atomic mass is 16.5. The third kappa shape index (κ3) is 2.76. The van der Waals surface area contributed by atoms with Gasteiger partial charge in [-0.05, 0) is 24.3 Å². The molecule has 1 aliphatic rings. The lowest BCUT2D eigenvalue weighted by Gasteiger charge is -2.11. The predicted octanol–water partition coefficient (Wildman–Crippen LogP) is 3.65. The molecule has 0 spiro atoms. The number of hydrogen-bond acceptors (Lipinski definition) is 4. The molecular formula is C19H16N2O3. The Hall–Kier alpha value is -3.08. The van der Waals surface area contributed by atoms with E-state index in [1.807, 2.05) is 36.4 Å². The van der Waals surface area contributed by atoms with Crippen LogP contribution in [0.1, 0.15) is 16.8 Å². The molecule has 2 heterocycles. The lowest BCUT2D eigenvalue weighted by molar-refractivity contribution is 0.102. The molecule has 1 N–H and O–H groups in total. The van der Waals surface area contributed by atoms with E-state index in [2.05, 4.69) is 10.3 Å². The van der Waals surface area contributed by atoms with Crippen molar-refractivity contribution in [3.8, 4) is 11.5 Å². The standard InChI is InChI=1S/C19H16N2O3/c22-19(15-6-1-4-13-5-2-9-20-18(13)15)21-14-7-8-16-17(12-14)24-11-3-10-23-16/h1-2,4-9,12H,3,10-11H2,(H,21,22). The molecule has 24 heavy (non-hydrogen) atoms. The number of para-hydroxylation sites is 1. The average Bonchev–Trinajstić information content (AvgIpc) is 2.86. The lowest BCUT2D eigenvalue weighted by Crippen LogP contribution is -2.13. The summed E-state index contributed by atoms with van der Waals surface area (Å²) < 4.78 is 11.3. The molecule has 0 unspecified atom stereocenters. The van der Waals surface area contributed by atoms with Crippen molar-refractivity contribution in [3.63, 3.8) is 0 Å². The number of carbonyl (C=O) groups excluding carboxylic acids is 1. The summed E-state index contributed by atoms with van der Waals surface area (Å²) in [4.78, 5) is 17.0. The van der Waals surface area contributed by atoms with Crippen LogP contribution in [-0.4, -0.2) is 24.1 Å². The van der Waals surface area contributed by atoms with Crippen molar-refractivity contribution in [2.75, 3.05) is 18.5 Å². The molecule has 1 aromatic heterocycles. The predicted molar refractivity (Wildman–Crippen MR) is 91.7 cm³/mol. The molecular weight excluding hydrogens is 304 g/mol. The summed E-state index contributed by atoms with van der Waals surface area (Å²) >= 11 is 0. The minimum Gasteiger partial charge on any atom is -0.490 e. The van der Waals surface area contributed by atoms with Crippen LogP contribution in [0.4, 0.5) is 5.69 Å². The molecule has 4 rings (SSSR count). The lowest BCUT2D eigenvalue weighted by atomic mass is 10.1. The molecule has 0 atom stereocenters. The normalized spacial score (nSPS) is 13.3. The number of nitrogens with zero attached hydrogens (tertiary/aromatic N) is 1. The van der Waals surface area contributed by atoms with E-state index in [0.29, 0.717) is 41.5 Å². The Morgan fingerprint density at radius 3 is 2.75 bits per heavy atom. The van der Waals surface area contributed by atoms with Crippen LogP contribution < -0.4 is 14.8 Å². The second-order valence-electron chi connectivity index (χ2n) is 5.55. The Labute approximate surface area is 139 Å². The van der Waals surface area contributed by atoms with Crippen LogP contribution in [0, 0.1) is 0 Å². The highest BCUT2D eigenvalue weighted by molar-refractivity contribution is 6.11. The van der Waals surface area contributed by atoms with Gasteiger partial charge in [-0.1, -0.05) is 18.2 Å². The Morgan fingerprint density at radius 2 is 1.83 bits per heavy atom. The molecule has 5 heteroatoms. The maximum atomic E-state index is 12.6. The van der Waals surface area contributed by atoms with Crippen molar-refractivity contribution in [2.24, 2.45) is 0 Å². The molecule has 0 fully saturated rings. The van der Waals surface area contributed by atoms with E-state index in [0.717, 1.165) is 11.8 Å². The molecule has 5 nitrogen and oxygen atoms in total. The first-order valence-electron chi connectivity index (χ1n) is 7.86. The molecule has 0 saturated heterocycles. The monoisotopic (exact) mass is 320 g/mol. The summed E-state index contributed by atoms with van der Waals surface area (Å²) in [5, 5.41) is 3.84. The van der Waals surface area contributed by atoms with Crippen molar-refractivity contribution in [2.45, 2.75) is 6.42 Å². The summed E-state index contributed by atoms with van der Waals surface area (Å²) in [6.07, 6.45) is 2.53. The maximum Gasteiger partial charge on any atom is 0.257 e. The first kappa shape index (κ1) is 14.5. The Morgan fingerprint density at radius 1 is 1.00 bits per heavy atom. The van der Waals surface area contributed by atoms with Crippen molar-refractivity contribution in [1.82, 2.24) is 4.98 Å². The van der Waals surface area contributed by atoms with Gasteiger partial charge in [0.25, 0.3) is 5.91 Å². The minimum absolute atomic E-state index is 0.200. The Bertz CT molecular complexity index is 903. The molecule has 0 bridgehead atoms. The molecule has 3 aromatic rings. The number of pyridine rings is 1. The van der Waals surface area contributed by atoms with Gasteiger partial charge in [-0.3, -0.25) is 9.78 Å². The van der Waals surface area contributed by atoms with Gasteiger partial charge in [0.1, 0.15) is 0 Å². The van der Waals surface area contributed by atoms with E-state index in [-0.39, 0.29) is 5.91 Å². The van der Waals surface area contributed by atoms with E-state index < -0.39 is 0 Å². The van der Waals surface area contributed by atoms with Crippen LogP contribution in [0.2, 0.25) is 0 Å². The summed E-state index contributed by atoms with van der Waals surface area (Å²) in [6.45, 7) is 1.25. The van der Waals surface area contributed by atoms with Crippen LogP contribution >= 0.6 is 0 Å². The third-order valence-corrected chi connectivity index (χ3v) is 3.88. The fourth-order valence-electron chi connectivity index (χ4n) is 2.73. The van der Waals surface area contributed by atoms with Gasteiger partial charge < -0.3 is 14.8 Å². The number of carbonyl (C=O) groups is 1. The van der Waals surface area contributed by atoms with Gasteiger partial charge in [0, 0.05) is 29.8 Å². The highest BCUT2D eigenvalue weighted by Crippen LogP contribution is 2.32. The van der Waals surface area contributed by atoms with Crippen LogP contribution in [0.15, 0.2) is 54.7 Å². The number of benzene rings is 2. The van der Waals surface area contributed by atoms with Crippen LogP contribution in [0.5, 0.6) is 11.5 Å². The number of rotatable bonds is 2. The Kier molecular flexibility index (Phi) is 3.75. The van der Waals surface area contributed by atoms with Crippen molar-refractivity contribution in [1.29, 1.82) is 0 Å². The van der Waals surface area contributed by atoms with E-state index in [1.54, 1.807) is 18.3 Å². The van der Waals surface area contributed by atoms with Gasteiger partial charge in [0.2, 0.25) is 0 Å². The van der Waals surface area contributed by atoms with E-state index in [1.165, 1.54) is 0 Å². The van der Waals surface area contributed by atoms with Gasteiger partial charge in [0.15, 0.2) is 11.5 Å². The minimum atomic E-state index is -0.200. The molecule has 1 amide bonds. The number of amides is 1. The fourth-order valence-corrected chi connectivity index (χ4v) is 2.73. The van der Waals surface area contributed by atoms with E-state index >= 15 is 0 Å². The highest BCUT2D eigenvalue weighted by Gasteiger charge is 2.14. The van der Waals surface area contributed by atoms with Crippen LogP contribution in [0.25, 0.3) is 10.9 Å². The zero-order chi connectivity index (χ0) is 16.4. The van der Waals surface area contributed by atoms with Gasteiger partial charge in [0.05, 0.1) is 24.3 Å². The van der Waals surface area contributed by atoms with Crippen molar-refractivity contribution < 1.29 is 14.3 Å². The second kappa shape index (κ2) is 6.20. The van der Waals surface area contributed by atoms with E-state index in [4.69, 9.17) is 9.47 Å². The largest absolute Gasteiger partial charge is 0.490 e. The molecule has 120 valence electrons. The van der Waals surface area contributed by atoms with Gasteiger partial charge in [-0.2, -0.15) is 0 Å². The van der Waals surface area contributed by atoms with Gasteiger partial charge in [-0.25, -0.2) is 0 Å². The number of aromatic nitrogens is 1.